The number of rotatable bonds is 29. The quantitative estimate of drug-likeness (QED) is 0.0158. The highest BCUT2D eigenvalue weighted by molar-refractivity contribution is 8.76. The van der Waals surface area contributed by atoms with Crippen molar-refractivity contribution in [1.29, 1.82) is 0 Å². The van der Waals surface area contributed by atoms with Crippen LogP contribution in [0.2, 0.25) is 0 Å². The minimum Gasteiger partial charge on any atom is -0.508 e. The van der Waals surface area contributed by atoms with Crippen molar-refractivity contribution in [3.05, 3.63) is 65.7 Å². The zero-order valence-electron chi connectivity index (χ0n) is 46.3. The fourth-order valence-corrected chi connectivity index (χ4v) is 10.5. The maximum absolute atomic E-state index is 14.9. The van der Waals surface area contributed by atoms with Crippen LogP contribution >= 0.6 is 21.6 Å². The van der Waals surface area contributed by atoms with Crippen molar-refractivity contribution in [3.63, 3.8) is 0 Å². The van der Waals surface area contributed by atoms with Crippen molar-refractivity contribution in [2.45, 2.75) is 120 Å². The Kier molecular flexibility index (Phi) is 29.6. The topological polar surface area (TPSA) is 507 Å². The van der Waals surface area contributed by atoms with E-state index in [0.717, 1.165) is 26.5 Å². The molecule has 0 aromatic heterocycles. The van der Waals surface area contributed by atoms with Gasteiger partial charge in [-0.1, -0.05) is 77.9 Å². The van der Waals surface area contributed by atoms with E-state index in [0.29, 0.717) is 11.1 Å². The number of aromatic hydroxyl groups is 1. The van der Waals surface area contributed by atoms with Gasteiger partial charge in [0, 0.05) is 44.6 Å². The number of aliphatic imine (C=N–C) groups is 3. The first-order valence-corrected chi connectivity index (χ1v) is 29.0. The summed E-state index contributed by atoms with van der Waals surface area (Å²) >= 11 is 0. The number of nitrogens with two attached hydrogens (primary N) is 8. The first-order valence-electron chi connectivity index (χ1n) is 26.5. The van der Waals surface area contributed by atoms with Crippen molar-refractivity contribution >= 4 is 92.6 Å². The molecule has 1 saturated heterocycles. The van der Waals surface area contributed by atoms with E-state index in [1.54, 1.807) is 42.5 Å². The highest BCUT2D eigenvalue weighted by Gasteiger charge is 2.37. The van der Waals surface area contributed by atoms with Crippen molar-refractivity contribution in [2.75, 3.05) is 44.7 Å². The lowest BCUT2D eigenvalue weighted by molar-refractivity contribution is -0.143. The van der Waals surface area contributed by atoms with Crippen molar-refractivity contribution in [1.82, 2.24) is 42.1 Å². The maximum Gasteiger partial charge on any atom is 0.245 e. The van der Waals surface area contributed by atoms with Gasteiger partial charge in [-0.05, 0) is 80.5 Å². The molecule has 452 valence electrons. The molecule has 0 saturated carbocycles. The number of amides is 9. The van der Waals surface area contributed by atoms with Gasteiger partial charge in [0.2, 0.25) is 53.2 Å². The van der Waals surface area contributed by atoms with Crippen LogP contribution in [0.1, 0.15) is 69.9 Å². The molecule has 1 aliphatic heterocycles. The van der Waals surface area contributed by atoms with Crippen LogP contribution < -0.4 is 83.1 Å². The molecule has 1 fully saturated rings. The molecule has 2 unspecified atom stereocenters. The average molecular weight is 1180 g/mol. The highest BCUT2D eigenvalue weighted by atomic mass is 33.1. The van der Waals surface area contributed by atoms with Crippen LogP contribution in [0.15, 0.2) is 69.6 Å². The minimum absolute atomic E-state index is 0.0151. The van der Waals surface area contributed by atoms with E-state index in [1.807, 2.05) is 13.8 Å². The van der Waals surface area contributed by atoms with Gasteiger partial charge in [0.05, 0.1) is 12.6 Å². The number of phenols is 1. The van der Waals surface area contributed by atoms with E-state index in [-0.39, 0.29) is 118 Å². The van der Waals surface area contributed by atoms with Crippen molar-refractivity contribution < 1.29 is 48.3 Å². The molecule has 0 radical (unpaired) electrons. The Morgan fingerprint density at radius 1 is 0.683 bits per heavy atom. The Morgan fingerprint density at radius 3 is 1.82 bits per heavy atom. The lowest BCUT2D eigenvalue weighted by Gasteiger charge is -2.33. The van der Waals surface area contributed by atoms with E-state index >= 15 is 0 Å². The Morgan fingerprint density at radius 2 is 1.24 bits per heavy atom. The number of phenolic OH excluding ortho intramolecular Hbond substituents is 1. The summed E-state index contributed by atoms with van der Waals surface area (Å²) in [4.78, 5) is 138. The fraction of sp³-hybridized carbons (Fsp3) is 0.529. The number of primary amides is 1. The van der Waals surface area contributed by atoms with E-state index < -0.39 is 108 Å². The predicted octanol–water partition coefficient (Wildman–Crippen LogP) is -4.56. The lowest BCUT2D eigenvalue weighted by Crippen LogP contribution is -2.60. The summed E-state index contributed by atoms with van der Waals surface area (Å²) in [5, 5.41) is 28.3. The van der Waals surface area contributed by atoms with Crippen LogP contribution in [0.4, 0.5) is 0 Å². The van der Waals surface area contributed by atoms with Crippen molar-refractivity contribution in [3.8, 4) is 5.75 Å². The van der Waals surface area contributed by atoms with Crippen LogP contribution in [0.5, 0.6) is 5.75 Å². The Labute approximate surface area is 484 Å². The summed E-state index contributed by atoms with van der Waals surface area (Å²) in [5.74, 6) is -8.03. The van der Waals surface area contributed by atoms with Gasteiger partial charge >= 0.3 is 0 Å². The average Bonchev–Trinajstić information content (AvgIpc) is 3.44. The molecule has 0 bridgehead atoms. The van der Waals surface area contributed by atoms with Crippen molar-refractivity contribution in [2.24, 2.45) is 66.8 Å². The van der Waals surface area contributed by atoms with Gasteiger partial charge in [0.15, 0.2) is 17.9 Å². The number of hydrogen-bond donors (Lipinski definition) is 16. The normalized spacial score (nSPS) is 17.7. The molecule has 24 N–H and O–H groups in total. The molecule has 31 heteroatoms. The second-order valence-electron chi connectivity index (χ2n) is 19.7. The Hall–Kier alpha value is -8.06. The Balaban J connectivity index is 2.01. The zero-order valence-corrected chi connectivity index (χ0v) is 48.0. The first-order chi connectivity index (χ1) is 38.8. The number of benzene rings is 2. The predicted molar refractivity (Wildman–Crippen MR) is 314 cm³/mol. The third kappa shape index (κ3) is 25.6. The molecule has 0 spiro atoms. The van der Waals surface area contributed by atoms with Gasteiger partial charge in [0.1, 0.15) is 48.0 Å². The number of nitrogens with one attached hydrogen (secondary N) is 7. The van der Waals surface area contributed by atoms with Crippen LogP contribution in [0.3, 0.4) is 0 Å². The number of hydrogen-bond acceptors (Lipinski definition) is 16. The molecule has 1 heterocycles. The number of likely N-dealkylation sites (N-methyl/N-ethyl adjacent to an activating group) is 1. The molecule has 2 aromatic carbocycles. The van der Waals surface area contributed by atoms with E-state index in [4.69, 9.17) is 45.9 Å². The fourth-order valence-electron chi connectivity index (χ4n) is 8.18. The summed E-state index contributed by atoms with van der Waals surface area (Å²) in [6.07, 6.45) is 0.571. The summed E-state index contributed by atoms with van der Waals surface area (Å²) in [6.45, 7) is 3.23. The molecule has 0 aliphatic carbocycles. The molecular formula is C51H81N19O10S2. The summed E-state index contributed by atoms with van der Waals surface area (Å²) in [5.41, 5.74) is 46.3. The molecule has 9 amide bonds. The smallest absolute Gasteiger partial charge is 0.245 e. The van der Waals surface area contributed by atoms with Crippen LogP contribution in [-0.4, -0.2) is 174 Å². The van der Waals surface area contributed by atoms with Gasteiger partial charge in [0.25, 0.3) is 0 Å². The summed E-state index contributed by atoms with van der Waals surface area (Å²) in [7, 11) is 3.44. The maximum atomic E-state index is 14.9. The monoisotopic (exact) mass is 1180 g/mol. The molecular weight excluding hydrogens is 1100 g/mol. The highest BCUT2D eigenvalue weighted by Crippen LogP contribution is 2.24. The molecule has 1 aliphatic rings. The second kappa shape index (κ2) is 35.6. The number of nitrogens with zero attached hydrogens (tertiary/aromatic N) is 4. The summed E-state index contributed by atoms with van der Waals surface area (Å²) in [6, 6.07) is 4.55. The molecule has 29 nitrogen and oxygen atoms in total. The van der Waals surface area contributed by atoms with Gasteiger partial charge in [-0.2, -0.15) is 0 Å². The minimum atomic E-state index is -1.42. The number of carbonyl (C=O) groups is 9. The van der Waals surface area contributed by atoms with Crippen LogP contribution in [0.25, 0.3) is 0 Å². The molecule has 3 rings (SSSR count). The van der Waals surface area contributed by atoms with Gasteiger partial charge in [-0.15, -0.1) is 0 Å². The lowest BCUT2D eigenvalue weighted by atomic mass is 10.0. The van der Waals surface area contributed by atoms with E-state index in [9.17, 15) is 48.3 Å². The third-order valence-electron chi connectivity index (χ3n) is 12.5. The van der Waals surface area contributed by atoms with Gasteiger partial charge < -0.3 is 93.1 Å². The Bertz CT molecular complexity index is 2550. The van der Waals surface area contributed by atoms with Gasteiger partial charge in [-0.3, -0.25) is 58.1 Å². The number of carbonyl (C=O) groups excluding carboxylic acids is 9. The molecule has 2 aromatic rings. The standard InChI is InChI=1S/C51H81N19O10S2/c1-28(2)22-35(44(76)65-33(41(53)73)12-7-19-60-49(54)55)67-47(79)39(14-9-21-62-51(58)59)70(3)48(80)34(13-8-20-61-50(56)57)66-46(78)38-27-82-81-26-37(68-42(74)32(52)23-30-15-17-31(71)18-16-30)43(75)63-25-40(72)64-36(45(77)69-38)24-29-10-5-4-6-11-29/h4-6,10-11,15-18,28,32-39,71H,7-9,12-14,19-27,52H2,1-3H3,(H2,53,73)(H,63,75)(H,64,72)(H,65,76)(H,66,78)(H,67,79)(H,68,74)(H,69,77)(H4,54,55,60)(H4,56,57,61)(H4,58,59,62)/t32-,33-,34-,35+,36?,37+,38?,39-/m0/s1. The van der Waals surface area contributed by atoms with Crippen LogP contribution in [-0.2, 0) is 56.0 Å². The number of guanidine groups is 3. The zero-order chi connectivity index (χ0) is 60.9. The third-order valence-corrected chi connectivity index (χ3v) is 14.9. The first kappa shape index (κ1) is 68.2. The molecule has 8 atom stereocenters. The van der Waals surface area contributed by atoms with E-state index in [2.05, 4.69) is 52.2 Å². The summed E-state index contributed by atoms with van der Waals surface area (Å²) < 4.78 is 0. The largest absolute Gasteiger partial charge is 0.508 e. The molecule has 82 heavy (non-hydrogen) atoms. The second-order valence-corrected chi connectivity index (χ2v) is 22.3. The van der Waals surface area contributed by atoms with E-state index in [1.165, 1.54) is 19.2 Å². The SMILES string of the molecule is CC(C)C[C@@H](NC(=O)[C@H](CCCN=C(N)N)N(C)C(=O)[C@H](CCCN=C(N)N)NC(=O)C1CSSC[C@@H](NC(=O)[C@@H](N)Cc2ccc(O)cc2)C(=O)NCC(=O)NC(Cc2ccccc2)C(=O)N1)C(=O)N[C@@H](CCCN=C(N)N)C(N)=O. The van der Waals surface area contributed by atoms with Crippen LogP contribution in [0, 0.1) is 5.92 Å². The van der Waals surface area contributed by atoms with Gasteiger partial charge in [-0.25, -0.2) is 0 Å².